The van der Waals surface area contributed by atoms with Crippen LogP contribution in [0.15, 0.2) is 51.5 Å². The highest BCUT2D eigenvalue weighted by atomic mass is 79.9. The Morgan fingerprint density at radius 2 is 1.81 bits per heavy atom. The molecule has 0 radical (unpaired) electrons. The summed E-state index contributed by atoms with van der Waals surface area (Å²) in [5.41, 5.74) is 8.35. The predicted molar refractivity (Wildman–Crippen MR) is 89.5 cm³/mol. The zero-order valence-electron chi connectivity index (χ0n) is 10.6. The first-order valence-electron chi connectivity index (χ1n) is 6.03. The first kappa shape index (κ1) is 14.4. The fourth-order valence-electron chi connectivity index (χ4n) is 2.06. The van der Waals surface area contributed by atoms with Crippen LogP contribution in [-0.2, 0) is 0 Å². The zero-order valence-corrected chi connectivity index (χ0v) is 13.7. The van der Waals surface area contributed by atoms with E-state index in [1.165, 1.54) is 0 Å². The van der Waals surface area contributed by atoms with E-state index in [0.29, 0.717) is 21.6 Å². The van der Waals surface area contributed by atoms with Gasteiger partial charge in [-0.3, -0.25) is 0 Å². The second kappa shape index (κ2) is 5.72. The van der Waals surface area contributed by atoms with Crippen molar-refractivity contribution in [3.8, 4) is 22.5 Å². The van der Waals surface area contributed by atoms with Crippen molar-refractivity contribution < 1.29 is 4.52 Å². The molecule has 106 valence electrons. The molecule has 3 nitrogen and oxygen atoms in total. The molecule has 0 fully saturated rings. The lowest BCUT2D eigenvalue weighted by molar-refractivity contribution is 0.436. The first-order chi connectivity index (χ1) is 10.1. The van der Waals surface area contributed by atoms with Gasteiger partial charge in [-0.15, -0.1) is 0 Å². The first-order valence-corrected chi connectivity index (χ1v) is 7.57. The van der Waals surface area contributed by atoms with E-state index in [4.69, 9.17) is 33.5 Å². The Bertz CT molecular complexity index is 817. The molecule has 3 aromatic rings. The van der Waals surface area contributed by atoms with E-state index in [1.54, 1.807) is 12.1 Å². The third-order valence-corrected chi connectivity index (χ3v) is 4.25. The van der Waals surface area contributed by atoms with E-state index in [2.05, 4.69) is 21.1 Å². The molecule has 0 saturated heterocycles. The summed E-state index contributed by atoms with van der Waals surface area (Å²) in [5.74, 6) is 0.887. The van der Waals surface area contributed by atoms with E-state index in [9.17, 15) is 0 Å². The van der Waals surface area contributed by atoms with Gasteiger partial charge >= 0.3 is 0 Å². The van der Waals surface area contributed by atoms with E-state index < -0.39 is 0 Å². The van der Waals surface area contributed by atoms with E-state index in [-0.39, 0.29) is 0 Å². The summed E-state index contributed by atoms with van der Waals surface area (Å²) in [6.07, 6.45) is 0. The van der Waals surface area contributed by atoms with Gasteiger partial charge in [0.1, 0.15) is 0 Å². The minimum absolute atomic E-state index is 0.328. The van der Waals surface area contributed by atoms with Crippen LogP contribution in [0.3, 0.4) is 0 Å². The third kappa shape index (κ3) is 2.79. The van der Waals surface area contributed by atoms with Gasteiger partial charge in [0.25, 0.3) is 0 Å². The van der Waals surface area contributed by atoms with Crippen molar-refractivity contribution in [3.63, 3.8) is 0 Å². The van der Waals surface area contributed by atoms with Gasteiger partial charge < -0.3 is 10.3 Å². The molecule has 0 atom stereocenters. The molecule has 0 unspecified atom stereocenters. The van der Waals surface area contributed by atoms with Gasteiger partial charge in [-0.05, 0) is 35.9 Å². The van der Waals surface area contributed by atoms with Gasteiger partial charge in [0.15, 0.2) is 11.6 Å². The van der Waals surface area contributed by atoms with Gasteiger partial charge in [-0.1, -0.05) is 56.4 Å². The summed E-state index contributed by atoms with van der Waals surface area (Å²) in [6, 6.07) is 13.0. The van der Waals surface area contributed by atoms with Crippen LogP contribution in [0.25, 0.3) is 22.5 Å². The van der Waals surface area contributed by atoms with Gasteiger partial charge in [-0.2, -0.15) is 0 Å². The van der Waals surface area contributed by atoms with Crippen molar-refractivity contribution in [1.29, 1.82) is 0 Å². The molecule has 0 aliphatic rings. The summed E-state index contributed by atoms with van der Waals surface area (Å²) < 4.78 is 6.32. The van der Waals surface area contributed by atoms with Crippen LogP contribution in [0, 0.1) is 0 Å². The van der Waals surface area contributed by atoms with Crippen molar-refractivity contribution in [2.24, 2.45) is 0 Å². The minimum atomic E-state index is 0.328. The molecule has 1 heterocycles. The number of hydrogen-bond acceptors (Lipinski definition) is 3. The summed E-state index contributed by atoms with van der Waals surface area (Å²) >= 11 is 15.4. The highest BCUT2D eigenvalue weighted by Gasteiger charge is 2.18. The average molecular weight is 384 g/mol. The highest BCUT2D eigenvalue weighted by molar-refractivity contribution is 9.10. The lowest BCUT2D eigenvalue weighted by Crippen LogP contribution is -1.89. The summed E-state index contributed by atoms with van der Waals surface area (Å²) in [6.45, 7) is 0. The molecular weight excluding hydrogens is 375 g/mol. The molecule has 2 N–H and O–H groups in total. The normalized spacial score (nSPS) is 10.8. The molecule has 0 aliphatic heterocycles. The molecule has 0 aliphatic carbocycles. The number of halogens is 3. The van der Waals surface area contributed by atoms with Crippen LogP contribution < -0.4 is 5.73 Å². The topological polar surface area (TPSA) is 52.0 Å². The molecular formula is C15H9BrCl2N2O. The van der Waals surface area contributed by atoms with E-state index in [0.717, 1.165) is 21.2 Å². The van der Waals surface area contributed by atoms with Gasteiger partial charge in [-0.25, -0.2) is 0 Å². The molecule has 21 heavy (non-hydrogen) atoms. The number of aromatic nitrogens is 1. The number of hydrogen-bond donors (Lipinski definition) is 1. The molecule has 0 spiro atoms. The maximum atomic E-state index is 6.06. The molecule has 3 rings (SSSR count). The number of benzene rings is 2. The number of nitrogens with zero attached hydrogens (tertiary/aromatic N) is 1. The number of rotatable bonds is 2. The van der Waals surface area contributed by atoms with Crippen molar-refractivity contribution >= 4 is 44.9 Å². The molecule has 0 bridgehead atoms. The molecule has 1 aromatic heterocycles. The van der Waals surface area contributed by atoms with Crippen molar-refractivity contribution in [2.75, 3.05) is 5.73 Å². The van der Waals surface area contributed by atoms with Crippen LogP contribution in [0.4, 0.5) is 5.82 Å². The summed E-state index contributed by atoms with van der Waals surface area (Å²) in [5, 5.41) is 4.79. The third-order valence-electron chi connectivity index (χ3n) is 3.01. The minimum Gasteiger partial charge on any atom is -0.380 e. The standard InChI is InChI=1S/C15H9BrCl2N2O/c16-10-3-1-2-8(6-10)13-14(21-20-15(13)19)9-4-5-11(17)12(18)7-9/h1-7H,(H2,19,20). The van der Waals surface area contributed by atoms with Crippen LogP contribution in [0.5, 0.6) is 0 Å². The largest absolute Gasteiger partial charge is 0.380 e. The second-order valence-electron chi connectivity index (χ2n) is 4.41. The molecule has 0 saturated carbocycles. The quantitative estimate of drug-likeness (QED) is 0.621. The van der Waals surface area contributed by atoms with Gasteiger partial charge in [0, 0.05) is 10.0 Å². The SMILES string of the molecule is Nc1noc(-c2ccc(Cl)c(Cl)c2)c1-c1cccc(Br)c1. The Balaban J connectivity index is 2.19. The fourth-order valence-corrected chi connectivity index (χ4v) is 2.76. The Labute approximate surface area is 139 Å². The Kier molecular flexibility index (Phi) is 3.93. The fraction of sp³-hybridized carbons (Fsp3) is 0. The van der Waals surface area contributed by atoms with Crippen LogP contribution >= 0.6 is 39.1 Å². The van der Waals surface area contributed by atoms with Gasteiger partial charge in [0.2, 0.25) is 0 Å². The van der Waals surface area contributed by atoms with Crippen molar-refractivity contribution in [3.05, 3.63) is 57.0 Å². The van der Waals surface area contributed by atoms with E-state index in [1.807, 2.05) is 30.3 Å². The Morgan fingerprint density at radius 3 is 2.52 bits per heavy atom. The number of nitrogens with two attached hydrogens (primary N) is 1. The Morgan fingerprint density at radius 1 is 1.00 bits per heavy atom. The average Bonchev–Trinajstić information content (AvgIpc) is 2.84. The lowest BCUT2D eigenvalue weighted by Gasteiger charge is -2.04. The van der Waals surface area contributed by atoms with Crippen molar-refractivity contribution in [1.82, 2.24) is 5.16 Å². The van der Waals surface area contributed by atoms with Crippen LogP contribution in [0.1, 0.15) is 0 Å². The molecule has 2 aromatic carbocycles. The second-order valence-corrected chi connectivity index (χ2v) is 6.14. The highest BCUT2D eigenvalue weighted by Crippen LogP contribution is 2.39. The zero-order chi connectivity index (χ0) is 15.0. The van der Waals surface area contributed by atoms with Crippen LogP contribution in [0.2, 0.25) is 10.0 Å². The molecule has 0 amide bonds. The molecule has 6 heteroatoms. The number of anilines is 1. The predicted octanol–water partition coefficient (Wildman–Crippen LogP) is 5.66. The smallest absolute Gasteiger partial charge is 0.176 e. The van der Waals surface area contributed by atoms with Crippen LogP contribution in [-0.4, -0.2) is 5.16 Å². The van der Waals surface area contributed by atoms with Crippen molar-refractivity contribution in [2.45, 2.75) is 0 Å². The maximum Gasteiger partial charge on any atom is 0.176 e. The Hall–Kier alpha value is -1.49. The van der Waals surface area contributed by atoms with E-state index >= 15 is 0 Å². The monoisotopic (exact) mass is 382 g/mol. The maximum absolute atomic E-state index is 6.06. The lowest BCUT2D eigenvalue weighted by atomic mass is 10.0. The van der Waals surface area contributed by atoms with Gasteiger partial charge in [0.05, 0.1) is 15.6 Å². The number of nitrogen functional groups attached to an aromatic ring is 1. The summed E-state index contributed by atoms with van der Waals surface area (Å²) in [7, 11) is 0. The summed E-state index contributed by atoms with van der Waals surface area (Å²) in [4.78, 5) is 0.